The van der Waals surface area contributed by atoms with Crippen LogP contribution in [0.2, 0.25) is 0 Å². The summed E-state index contributed by atoms with van der Waals surface area (Å²) in [6.45, 7) is 0. The first-order chi connectivity index (χ1) is 4.88. The molecular formula is C7H6N2O. The lowest BCUT2D eigenvalue weighted by Crippen LogP contribution is -2.06. The molecule has 0 spiro atoms. The average molecular weight is 134 g/mol. The van der Waals surface area contributed by atoms with Gasteiger partial charge in [0.1, 0.15) is 5.52 Å². The Kier molecular flexibility index (Phi) is 0.917. The van der Waals surface area contributed by atoms with Gasteiger partial charge in [-0.15, -0.1) is 0 Å². The second-order valence-corrected chi connectivity index (χ2v) is 2.09. The van der Waals surface area contributed by atoms with Gasteiger partial charge < -0.3 is 9.38 Å². The fourth-order valence-corrected chi connectivity index (χ4v) is 0.983. The van der Waals surface area contributed by atoms with Crippen molar-refractivity contribution < 1.29 is 0 Å². The summed E-state index contributed by atoms with van der Waals surface area (Å²) in [6, 6.07) is 3.61. The lowest BCUT2D eigenvalue weighted by molar-refractivity contribution is 1.11. The molecule has 0 aliphatic heterocycles. The SMILES string of the molecule is O=c1[nH]ccn2cccc12. The summed E-state index contributed by atoms with van der Waals surface area (Å²) in [7, 11) is 0. The zero-order chi connectivity index (χ0) is 6.97. The highest BCUT2D eigenvalue weighted by Gasteiger charge is 1.92. The Bertz CT molecular complexity index is 399. The van der Waals surface area contributed by atoms with Gasteiger partial charge in [-0.05, 0) is 12.1 Å². The standard InChI is InChI=1S/C7H6N2O/c10-7-6-2-1-4-9(6)5-3-8-7/h1-5H,(H,8,10). The van der Waals surface area contributed by atoms with Crippen molar-refractivity contribution in [3.05, 3.63) is 41.1 Å². The molecular weight excluding hydrogens is 128 g/mol. The molecule has 0 amide bonds. The Morgan fingerprint density at radius 3 is 3.10 bits per heavy atom. The third kappa shape index (κ3) is 0.572. The van der Waals surface area contributed by atoms with E-state index in [1.807, 2.05) is 12.3 Å². The quantitative estimate of drug-likeness (QED) is 0.563. The highest BCUT2D eigenvalue weighted by atomic mass is 16.1. The number of H-pyrrole nitrogens is 1. The maximum Gasteiger partial charge on any atom is 0.272 e. The van der Waals surface area contributed by atoms with Crippen molar-refractivity contribution in [1.82, 2.24) is 9.38 Å². The van der Waals surface area contributed by atoms with Crippen molar-refractivity contribution >= 4 is 5.52 Å². The van der Waals surface area contributed by atoms with Crippen LogP contribution >= 0.6 is 0 Å². The van der Waals surface area contributed by atoms with Gasteiger partial charge in [-0.2, -0.15) is 0 Å². The van der Waals surface area contributed by atoms with E-state index in [1.165, 1.54) is 0 Å². The van der Waals surface area contributed by atoms with Crippen molar-refractivity contribution in [3.8, 4) is 0 Å². The van der Waals surface area contributed by atoms with Crippen LogP contribution in [-0.4, -0.2) is 9.38 Å². The van der Waals surface area contributed by atoms with Crippen LogP contribution in [0.25, 0.3) is 5.52 Å². The van der Waals surface area contributed by atoms with E-state index in [0.29, 0.717) is 5.52 Å². The maximum atomic E-state index is 11.0. The van der Waals surface area contributed by atoms with Crippen LogP contribution in [0, 0.1) is 0 Å². The minimum absolute atomic E-state index is 0.0486. The van der Waals surface area contributed by atoms with Crippen molar-refractivity contribution in [1.29, 1.82) is 0 Å². The highest BCUT2D eigenvalue weighted by Crippen LogP contribution is 1.94. The molecule has 0 unspecified atom stereocenters. The third-order valence-electron chi connectivity index (χ3n) is 1.46. The summed E-state index contributed by atoms with van der Waals surface area (Å²) in [5.74, 6) is 0. The van der Waals surface area contributed by atoms with Crippen molar-refractivity contribution in [3.63, 3.8) is 0 Å². The zero-order valence-electron chi connectivity index (χ0n) is 5.24. The molecule has 10 heavy (non-hydrogen) atoms. The Morgan fingerprint density at radius 1 is 1.40 bits per heavy atom. The zero-order valence-corrected chi connectivity index (χ0v) is 5.24. The molecule has 3 nitrogen and oxygen atoms in total. The van der Waals surface area contributed by atoms with Crippen LogP contribution in [-0.2, 0) is 0 Å². The van der Waals surface area contributed by atoms with E-state index in [0.717, 1.165) is 0 Å². The van der Waals surface area contributed by atoms with E-state index < -0.39 is 0 Å². The third-order valence-corrected chi connectivity index (χ3v) is 1.46. The molecule has 2 heterocycles. The van der Waals surface area contributed by atoms with Crippen molar-refractivity contribution in [2.45, 2.75) is 0 Å². The summed E-state index contributed by atoms with van der Waals surface area (Å²) in [6.07, 6.45) is 5.26. The van der Waals surface area contributed by atoms with Gasteiger partial charge in [-0.25, -0.2) is 0 Å². The van der Waals surface area contributed by atoms with Gasteiger partial charge in [-0.1, -0.05) is 0 Å². The van der Waals surface area contributed by atoms with Gasteiger partial charge in [0.15, 0.2) is 0 Å². The van der Waals surface area contributed by atoms with E-state index in [-0.39, 0.29) is 5.56 Å². The number of rotatable bonds is 0. The predicted molar refractivity (Wildman–Crippen MR) is 38.0 cm³/mol. The average Bonchev–Trinajstić information content (AvgIpc) is 2.36. The number of aromatic nitrogens is 2. The molecule has 2 rings (SSSR count). The molecule has 0 aromatic carbocycles. The molecule has 3 heteroatoms. The van der Waals surface area contributed by atoms with Gasteiger partial charge >= 0.3 is 0 Å². The van der Waals surface area contributed by atoms with E-state index >= 15 is 0 Å². The number of nitrogens with one attached hydrogen (secondary N) is 1. The van der Waals surface area contributed by atoms with Gasteiger partial charge in [0.05, 0.1) is 0 Å². The smallest absolute Gasteiger partial charge is 0.272 e. The Labute approximate surface area is 56.9 Å². The van der Waals surface area contributed by atoms with Crippen LogP contribution < -0.4 is 5.56 Å². The molecule has 0 saturated heterocycles. The second-order valence-electron chi connectivity index (χ2n) is 2.09. The summed E-state index contributed by atoms with van der Waals surface area (Å²) in [5, 5.41) is 0. The maximum absolute atomic E-state index is 11.0. The molecule has 0 radical (unpaired) electrons. The highest BCUT2D eigenvalue weighted by molar-refractivity contribution is 5.44. The minimum atomic E-state index is -0.0486. The molecule has 0 saturated carbocycles. The summed E-state index contributed by atoms with van der Waals surface area (Å²) >= 11 is 0. The Hall–Kier alpha value is -1.51. The normalized spacial score (nSPS) is 10.4. The van der Waals surface area contributed by atoms with E-state index in [4.69, 9.17) is 0 Å². The van der Waals surface area contributed by atoms with E-state index in [2.05, 4.69) is 4.98 Å². The second kappa shape index (κ2) is 1.73. The van der Waals surface area contributed by atoms with Crippen LogP contribution in [0.1, 0.15) is 0 Å². The monoisotopic (exact) mass is 134 g/mol. The molecule has 50 valence electrons. The summed E-state index contributed by atoms with van der Waals surface area (Å²) < 4.78 is 1.78. The molecule has 2 aromatic rings. The first-order valence-electron chi connectivity index (χ1n) is 3.02. The summed E-state index contributed by atoms with van der Waals surface area (Å²) in [5.41, 5.74) is 0.634. The van der Waals surface area contributed by atoms with Gasteiger partial charge in [0, 0.05) is 18.6 Å². The Balaban J connectivity index is 3.09. The molecule has 0 fully saturated rings. The Morgan fingerprint density at radius 2 is 2.30 bits per heavy atom. The predicted octanol–water partition coefficient (Wildman–Crippen LogP) is 0.628. The number of hydrogen-bond donors (Lipinski definition) is 1. The number of aromatic amines is 1. The number of nitrogens with zero attached hydrogens (tertiary/aromatic N) is 1. The molecule has 0 bridgehead atoms. The van der Waals surface area contributed by atoms with Crippen LogP contribution in [0.5, 0.6) is 0 Å². The van der Waals surface area contributed by atoms with Gasteiger partial charge in [0.25, 0.3) is 5.56 Å². The largest absolute Gasteiger partial charge is 0.326 e. The fraction of sp³-hybridized carbons (Fsp3) is 0. The molecule has 0 aliphatic carbocycles. The fourth-order valence-electron chi connectivity index (χ4n) is 0.983. The topological polar surface area (TPSA) is 37.3 Å². The molecule has 1 N–H and O–H groups in total. The van der Waals surface area contributed by atoms with E-state index in [1.54, 1.807) is 22.9 Å². The van der Waals surface area contributed by atoms with Crippen LogP contribution in [0.15, 0.2) is 35.5 Å². The van der Waals surface area contributed by atoms with Crippen molar-refractivity contribution in [2.24, 2.45) is 0 Å². The van der Waals surface area contributed by atoms with Crippen LogP contribution in [0.3, 0.4) is 0 Å². The molecule has 2 aromatic heterocycles. The lowest BCUT2D eigenvalue weighted by Gasteiger charge is -1.88. The molecule has 0 aliphatic rings. The van der Waals surface area contributed by atoms with Crippen LogP contribution in [0.4, 0.5) is 0 Å². The first-order valence-corrected chi connectivity index (χ1v) is 3.02. The van der Waals surface area contributed by atoms with E-state index in [9.17, 15) is 4.79 Å². The van der Waals surface area contributed by atoms with Gasteiger partial charge in [0.2, 0.25) is 0 Å². The molecule has 0 atom stereocenters. The summed E-state index contributed by atoms with van der Waals surface area (Å²) in [4.78, 5) is 13.5. The minimum Gasteiger partial charge on any atom is -0.326 e. The number of fused-ring (bicyclic) bond motifs is 1. The first kappa shape index (κ1) is 5.29. The van der Waals surface area contributed by atoms with Gasteiger partial charge in [-0.3, -0.25) is 4.79 Å². The lowest BCUT2D eigenvalue weighted by atomic mass is 10.5. The number of hydrogen-bond acceptors (Lipinski definition) is 1. The van der Waals surface area contributed by atoms with Crippen molar-refractivity contribution in [2.75, 3.05) is 0 Å².